The zero-order valence-corrected chi connectivity index (χ0v) is 13.5. The average Bonchev–Trinajstić information content (AvgIpc) is 2.76. The lowest BCUT2D eigenvalue weighted by molar-refractivity contribution is 0.0943. The molecule has 0 spiro atoms. The molecular formula is C15H17Cl2N3O. The highest BCUT2D eigenvalue weighted by atomic mass is 35.5. The van der Waals surface area contributed by atoms with Gasteiger partial charge in [0.1, 0.15) is 5.69 Å². The number of rotatable bonds is 5. The number of benzene rings is 1. The lowest BCUT2D eigenvalue weighted by Crippen LogP contribution is -2.28. The van der Waals surface area contributed by atoms with Crippen molar-refractivity contribution < 1.29 is 4.79 Å². The fourth-order valence-electron chi connectivity index (χ4n) is 2.06. The van der Waals surface area contributed by atoms with Crippen LogP contribution in [0.4, 0.5) is 0 Å². The molecule has 0 aliphatic rings. The predicted octanol–water partition coefficient (Wildman–Crippen LogP) is 3.49. The number of aryl methyl sites for hydroxylation is 2. The topological polar surface area (TPSA) is 46.9 Å². The van der Waals surface area contributed by atoms with E-state index in [4.69, 9.17) is 23.2 Å². The van der Waals surface area contributed by atoms with Gasteiger partial charge in [-0.05, 0) is 38.0 Å². The van der Waals surface area contributed by atoms with Gasteiger partial charge >= 0.3 is 0 Å². The molecule has 0 radical (unpaired) electrons. The van der Waals surface area contributed by atoms with Crippen LogP contribution in [-0.4, -0.2) is 22.2 Å². The monoisotopic (exact) mass is 325 g/mol. The summed E-state index contributed by atoms with van der Waals surface area (Å²) in [7, 11) is 0. The molecule has 0 saturated heterocycles. The number of aromatic nitrogens is 2. The first-order valence-electron chi connectivity index (χ1n) is 6.78. The molecule has 0 atom stereocenters. The van der Waals surface area contributed by atoms with Crippen LogP contribution < -0.4 is 5.32 Å². The van der Waals surface area contributed by atoms with E-state index >= 15 is 0 Å². The Balaban J connectivity index is 1.97. The van der Waals surface area contributed by atoms with E-state index in [2.05, 4.69) is 10.4 Å². The fraction of sp³-hybridized carbons (Fsp3) is 0.333. The van der Waals surface area contributed by atoms with Crippen molar-refractivity contribution in [3.05, 3.63) is 51.3 Å². The Kier molecular flexibility index (Phi) is 5.26. The molecule has 2 aromatic rings. The second-order valence-electron chi connectivity index (χ2n) is 4.70. The molecule has 0 saturated carbocycles. The summed E-state index contributed by atoms with van der Waals surface area (Å²) in [6.45, 7) is 4.85. The van der Waals surface area contributed by atoms with Gasteiger partial charge in [-0.2, -0.15) is 5.10 Å². The van der Waals surface area contributed by atoms with Crippen LogP contribution in [0.2, 0.25) is 10.0 Å². The zero-order chi connectivity index (χ0) is 15.4. The highest BCUT2D eigenvalue weighted by molar-refractivity contribution is 6.34. The lowest BCUT2D eigenvalue weighted by atomic mass is 10.1. The maximum Gasteiger partial charge on any atom is 0.271 e. The molecule has 0 bridgehead atoms. The molecule has 0 aliphatic heterocycles. The Hall–Kier alpha value is -1.52. The molecule has 1 aromatic carbocycles. The van der Waals surface area contributed by atoms with Crippen molar-refractivity contribution >= 4 is 29.1 Å². The van der Waals surface area contributed by atoms with Gasteiger partial charge in [-0.3, -0.25) is 9.48 Å². The number of nitrogens with zero attached hydrogens (tertiary/aromatic N) is 2. The van der Waals surface area contributed by atoms with E-state index in [1.165, 1.54) is 0 Å². The Morgan fingerprint density at radius 2 is 1.95 bits per heavy atom. The molecule has 6 heteroatoms. The molecule has 1 N–H and O–H groups in total. The van der Waals surface area contributed by atoms with Crippen LogP contribution in [0.5, 0.6) is 0 Å². The van der Waals surface area contributed by atoms with E-state index in [0.717, 1.165) is 12.0 Å². The van der Waals surface area contributed by atoms with Gasteiger partial charge in [-0.1, -0.05) is 35.3 Å². The second kappa shape index (κ2) is 6.96. The van der Waals surface area contributed by atoms with Crippen molar-refractivity contribution in [1.29, 1.82) is 0 Å². The van der Waals surface area contributed by atoms with Crippen molar-refractivity contribution in [2.24, 2.45) is 0 Å². The minimum absolute atomic E-state index is 0.198. The van der Waals surface area contributed by atoms with Gasteiger partial charge in [0.25, 0.3) is 5.91 Å². The fourth-order valence-corrected chi connectivity index (χ4v) is 2.41. The lowest BCUT2D eigenvalue weighted by Gasteiger charge is -2.07. The Labute approximate surface area is 134 Å². The standard InChI is InChI=1S/C15H17Cl2N3O/c1-3-20-14(13(17)10(2)19-20)15(21)18-9-8-11-4-6-12(16)7-5-11/h4-7H,3,8-9H2,1-2H3,(H,18,21). The summed E-state index contributed by atoms with van der Waals surface area (Å²) < 4.78 is 1.62. The largest absolute Gasteiger partial charge is 0.350 e. The van der Waals surface area contributed by atoms with Crippen LogP contribution in [0.15, 0.2) is 24.3 Å². The van der Waals surface area contributed by atoms with E-state index < -0.39 is 0 Å². The van der Waals surface area contributed by atoms with E-state index in [1.807, 2.05) is 31.2 Å². The molecular weight excluding hydrogens is 309 g/mol. The zero-order valence-electron chi connectivity index (χ0n) is 12.0. The van der Waals surface area contributed by atoms with Crippen molar-refractivity contribution in [2.75, 3.05) is 6.54 Å². The second-order valence-corrected chi connectivity index (χ2v) is 5.51. The number of halogens is 2. The smallest absolute Gasteiger partial charge is 0.271 e. The van der Waals surface area contributed by atoms with Gasteiger partial charge in [0.15, 0.2) is 0 Å². The quantitative estimate of drug-likeness (QED) is 0.914. The summed E-state index contributed by atoms with van der Waals surface area (Å²) in [5, 5.41) is 8.23. The highest BCUT2D eigenvalue weighted by Crippen LogP contribution is 2.20. The molecule has 0 fully saturated rings. The molecule has 2 rings (SSSR count). The first-order chi connectivity index (χ1) is 10.0. The van der Waals surface area contributed by atoms with Gasteiger partial charge in [-0.25, -0.2) is 0 Å². The number of carbonyl (C=O) groups excluding carboxylic acids is 1. The number of nitrogens with one attached hydrogen (secondary N) is 1. The molecule has 1 aromatic heterocycles. The van der Waals surface area contributed by atoms with Gasteiger partial charge < -0.3 is 5.32 Å². The SMILES string of the molecule is CCn1nc(C)c(Cl)c1C(=O)NCCc1ccc(Cl)cc1. The van der Waals surface area contributed by atoms with Crippen molar-refractivity contribution in [2.45, 2.75) is 26.8 Å². The maximum atomic E-state index is 12.2. The van der Waals surface area contributed by atoms with E-state index in [0.29, 0.717) is 34.5 Å². The molecule has 21 heavy (non-hydrogen) atoms. The minimum Gasteiger partial charge on any atom is -0.350 e. The summed E-state index contributed by atoms with van der Waals surface area (Å²) in [4.78, 5) is 12.2. The summed E-state index contributed by atoms with van der Waals surface area (Å²) in [5.74, 6) is -0.198. The third-order valence-electron chi connectivity index (χ3n) is 3.18. The molecule has 1 heterocycles. The number of carbonyl (C=O) groups is 1. The van der Waals surface area contributed by atoms with Crippen LogP contribution in [0.3, 0.4) is 0 Å². The molecule has 0 unspecified atom stereocenters. The summed E-state index contributed by atoms with van der Waals surface area (Å²) in [5.41, 5.74) is 2.21. The number of hydrogen-bond acceptors (Lipinski definition) is 2. The normalized spacial score (nSPS) is 10.7. The summed E-state index contributed by atoms with van der Waals surface area (Å²) >= 11 is 12.0. The predicted molar refractivity (Wildman–Crippen MR) is 85.1 cm³/mol. The minimum atomic E-state index is -0.198. The third-order valence-corrected chi connectivity index (χ3v) is 3.89. The molecule has 4 nitrogen and oxygen atoms in total. The maximum absolute atomic E-state index is 12.2. The van der Waals surface area contributed by atoms with Crippen LogP contribution in [0, 0.1) is 6.92 Å². The molecule has 112 valence electrons. The van der Waals surface area contributed by atoms with Crippen LogP contribution >= 0.6 is 23.2 Å². The van der Waals surface area contributed by atoms with Gasteiger partial charge in [0.05, 0.1) is 10.7 Å². The van der Waals surface area contributed by atoms with Gasteiger partial charge in [0, 0.05) is 18.1 Å². The Bertz CT molecular complexity index is 635. The summed E-state index contributed by atoms with van der Waals surface area (Å²) in [6.07, 6.45) is 0.736. The van der Waals surface area contributed by atoms with Crippen molar-refractivity contribution in [3.8, 4) is 0 Å². The number of amides is 1. The third kappa shape index (κ3) is 3.77. The van der Waals surface area contributed by atoms with E-state index in [-0.39, 0.29) is 5.91 Å². The Morgan fingerprint density at radius 3 is 2.57 bits per heavy atom. The molecule has 0 aliphatic carbocycles. The van der Waals surface area contributed by atoms with Gasteiger partial charge in [-0.15, -0.1) is 0 Å². The number of hydrogen-bond donors (Lipinski definition) is 1. The first kappa shape index (κ1) is 15.9. The highest BCUT2D eigenvalue weighted by Gasteiger charge is 2.19. The van der Waals surface area contributed by atoms with Gasteiger partial charge in [0.2, 0.25) is 0 Å². The molecule has 1 amide bonds. The van der Waals surface area contributed by atoms with E-state index in [1.54, 1.807) is 11.6 Å². The van der Waals surface area contributed by atoms with Crippen LogP contribution in [0.25, 0.3) is 0 Å². The van der Waals surface area contributed by atoms with Crippen LogP contribution in [0.1, 0.15) is 28.7 Å². The summed E-state index contributed by atoms with van der Waals surface area (Å²) in [6, 6.07) is 7.57. The van der Waals surface area contributed by atoms with Crippen LogP contribution in [-0.2, 0) is 13.0 Å². The first-order valence-corrected chi connectivity index (χ1v) is 7.54. The average molecular weight is 326 g/mol. The van der Waals surface area contributed by atoms with Crippen molar-refractivity contribution in [3.63, 3.8) is 0 Å². The Morgan fingerprint density at radius 1 is 1.29 bits per heavy atom. The van der Waals surface area contributed by atoms with E-state index in [9.17, 15) is 4.79 Å². The van der Waals surface area contributed by atoms with Crippen molar-refractivity contribution in [1.82, 2.24) is 15.1 Å².